The summed E-state index contributed by atoms with van der Waals surface area (Å²) in [6.07, 6.45) is 0. The first-order valence-corrected chi connectivity index (χ1v) is 2.19. The fourth-order valence-corrected chi connectivity index (χ4v) is 0. The normalized spacial score (nSPS) is 4.54. The molecule has 0 bridgehead atoms. The van der Waals surface area contributed by atoms with Gasteiger partial charge in [-0.15, -0.1) is 0 Å². The van der Waals surface area contributed by atoms with E-state index in [-0.39, 0.29) is 182 Å². The Bertz CT molecular complexity index is 61.0. The summed E-state index contributed by atoms with van der Waals surface area (Å²) in [6, 6.07) is 0. The van der Waals surface area contributed by atoms with E-state index in [0.29, 0.717) is 0 Å². The van der Waals surface area contributed by atoms with Gasteiger partial charge in [0.05, 0.1) is 0 Å². The van der Waals surface area contributed by atoms with Crippen LogP contribution in [-0.2, 0) is 4.57 Å². The minimum Gasteiger partial charge on any atom is -0.822 e. The minimum atomic E-state index is -5.39. The van der Waals surface area contributed by atoms with E-state index in [0.717, 1.165) is 0 Å². The molecule has 0 atom stereocenters. The topological polar surface area (TPSA) is 244 Å². The molecule has 9 nitrogen and oxygen atoms in total. The Kier molecular flexibility index (Phi) is 179. The van der Waals surface area contributed by atoms with Gasteiger partial charge in [0.25, 0.3) is 0 Å². The fraction of sp³-hybridized carbons (Fsp3) is 0. The molecule has 0 saturated carbocycles. The molecule has 0 rings (SSSR count). The van der Waals surface area contributed by atoms with Crippen molar-refractivity contribution in [3.63, 3.8) is 0 Å². The van der Waals surface area contributed by atoms with Crippen LogP contribution in [0, 0.1) is 0 Å². The maximum atomic E-state index is 8.55. The molecule has 0 radical (unpaired) electrons. The molecule has 0 aromatic heterocycles. The van der Waals surface area contributed by atoms with Crippen LogP contribution in [-0.4, -0.2) is 27.4 Å². The first-order chi connectivity index (χ1) is 2.00. The molecule has 13 heavy (non-hydrogen) atoms. The van der Waals surface area contributed by atoms with Gasteiger partial charge in [-0.3, -0.25) is 0 Å². The van der Waals surface area contributed by atoms with Gasteiger partial charge in [-0.25, -0.2) is 0 Å². The van der Waals surface area contributed by atoms with Crippen LogP contribution in [0.3, 0.4) is 0 Å². The van der Waals surface area contributed by atoms with E-state index in [2.05, 4.69) is 0 Å². The summed E-state index contributed by atoms with van der Waals surface area (Å²) in [7, 11) is -5.39. The summed E-state index contributed by atoms with van der Waals surface area (Å²) >= 11 is 0. The maximum absolute atomic E-state index is 8.55. The number of phosphoric acid groups is 1. The quantitative estimate of drug-likeness (QED) is 0.312. The van der Waals surface area contributed by atoms with E-state index in [1.54, 1.807) is 0 Å². The first-order valence-electron chi connectivity index (χ1n) is 0.730. The second-order valence-electron chi connectivity index (χ2n) is 0.447. The Morgan fingerprint density at radius 2 is 0.615 bits per heavy atom. The van der Waals surface area contributed by atoms with Gasteiger partial charge in [-0.2, -0.15) is 7.82 Å². The third kappa shape index (κ3) is 159. The van der Waals surface area contributed by atoms with Crippen molar-refractivity contribution in [2.24, 2.45) is 0 Å². The third-order valence-electron chi connectivity index (χ3n) is 0. The Morgan fingerprint density at radius 3 is 0.615 bits per heavy atom. The number of hydrogen-bond acceptors (Lipinski definition) is 4. The second-order valence-corrected chi connectivity index (χ2v) is 1.34. The minimum absolute atomic E-state index is 0. The molecule has 0 spiro atoms. The molecule has 0 aliphatic carbocycles. The Labute approximate surface area is 202 Å². The van der Waals surface area contributed by atoms with E-state index in [4.69, 9.17) is 19.2 Å². The molecule has 0 amide bonds. The molecule has 0 aromatic rings. The molecule has 10 N–H and O–H groups in total. The zero-order valence-corrected chi connectivity index (χ0v) is 17.8. The summed E-state index contributed by atoms with van der Waals surface area (Å²) in [4.78, 5) is 25.6. The molecule has 0 aliphatic rings. The Balaban J connectivity index is -0.00000000286. The predicted molar refractivity (Wildman–Crippen MR) is 25.7 cm³/mol. The van der Waals surface area contributed by atoms with Gasteiger partial charge in [-0.05, 0) is 0 Å². The van der Waals surface area contributed by atoms with E-state index >= 15 is 0 Å². The van der Waals surface area contributed by atoms with E-state index < -0.39 is 7.82 Å². The van der Waals surface area contributed by atoms with E-state index in [9.17, 15) is 0 Å². The Hall–Kier alpha value is 4.82. The number of rotatable bonds is 0. The molecule has 0 fully saturated rings. The van der Waals surface area contributed by atoms with Gasteiger partial charge >= 0.3 is 154 Å². The standard InChI is InChI=1S/3K.H3O4P.5H2O/c;;;1-5(2,3)4;;;;;/h;;;(H3,1,2,3,4);5*1H2/q3*+1;;;;;;/p-3. The van der Waals surface area contributed by atoms with Gasteiger partial charge < -0.3 is 46.6 Å². The first kappa shape index (κ1) is 64.8. The average molecular weight is 302 g/mol. The molecule has 13 heteroatoms. The summed E-state index contributed by atoms with van der Waals surface area (Å²) in [5.41, 5.74) is 0. The van der Waals surface area contributed by atoms with Gasteiger partial charge in [0.1, 0.15) is 0 Å². The zero-order chi connectivity index (χ0) is 4.50. The van der Waals surface area contributed by atoms with Crippen molar-refractivity contribution < 1.29 is 201 Å². The van der Waals surface area contributed by atoms with Crippen molar-refractivity contribution in [3.05, 3.63) is 0 Å². The van der Waals surface area contributed by atoms with Crippen LogP contribution in [0.4, 0.5) is 0 Å². The SMILES string of the molecule is O.O.O.O.O.O=P([O-])([O-])[O-].[K+].[K+].[K+]. The van der Waals surface area contributed by atoms with Gasteiger partial charge in [0.15, 0.2) is 0 Å². The van der Waals surface area contributed by atoms with Crippen LogP contribution in [0.2, 0.25) is 0 Å². The van der Waals surface area contributed by atoms with Gasteiger partial charge in [-0.1, -0.05) is 0 Å². The predicted octanol–water partition coefficient (Wildman–Crippen LogP) is -15.9. The smallest absolute Gasteiger partial charge is 0.822 e. The maximum Gasteiger partial charge on any atom is 1.00 e. The largest absolute Gasteiger partial charge is 1.00 e. The van der Waals surface area contributed by atoms with Crippen LogP contribution in [0.25, 0.3) is 0 Å². The fourth-order valence-electron chi connectivity index (χ4n) is 0. The van der Waals surface area contributed by atoms with Crippen LogP contribution in [0.15, 0.2) is 0 Å². The summed E-state index contributed by atoms with van der Waals surface area (Å²) in [5.74, 6) is 0. The molecule has 72 valence electrons. The van der Waals surface area contributed by atoms with Crippen LogP contribution in [0.1, 0.15) is 0 Å². The van der Waals surface area contributed by atoms with Gasteiger partial charge in [0.2, 0.25) is 0 Å². The van der Waals surface area contributed by atoms with Crippen molar-refractivity contribution in [2.75, 3.05) is 0 Å². The summed E-state index contributed by atoms with van der Waals surface area (Å²) in [5, 5.41) is 0. The zero-order valence-electron chi connectivity index (χ0n) is 7.58. The molecule has 0 saturated heterocycles. The van der Waals surface area contributed by atoms with E-state index in [1.807, 2.05) is 0 Å². The van der Waals surface area contributed by atoms with Crippen molar-refractivity contribution in [2.45, 2.75) is 0 Å². The molecule has 0 aromatic carbocycles. The van der Waals surface area contributed by atoms with Crippen LogP contribution in [0.5, 0.6) is 0 Å². The van der Waals surface area contributed by atoms with Crippen molar-refractivity contribution in [1.82, 2.24) is 0 Å². The van der Waals surface area contributed by atoms with Crippen molar-refractivity contribution in [3.8, 4) is 0 Å². The summed E-state index contributed by atoms with van der Waals surface area (Å²) < 4.78 is 8.55. The van der Waals surface area contributed by atoms with Gasteiger partial charge in [0, 0.05) is 0 Å². The monoisotopic (exact) mass is 302 g/mol. The van der Waals surface area contributed by atoms with Crippen LogP contribution >= 0.6 is 7.82 Å². The van der Waals surface area contributed by atoms with Crippen LogP contribution < -0.4 is 169 Å². The molecule has 0 aliphatic heterocycles. The molecule has 0 heterocycles. The van der Waals surface area contributed by atoms with Crippen molar-refractivity contribution >= 4 is 7.82 Å². The van der Waals surface area contributed by atoms with Crippen molar-refractivity contribution in [1.29, 1.82) is 0 Å². The van der Waals surface area contributed by atoms with E-state index in [1.165, 1.54) is 0 Å². The number of hydrogen-bond donors (Lipinski definition) is 0. The third-order valence-corrected chi connectivity index (χ3v) is 0. The molecular weight excluding hydrogens is 292 g/mol. The molecule has 0 unspecified atom stereocenters. The average Bonchev–Trinajstić information content (AvgIpc) is 0.722. The Morgan fingerprint density at radius 1 is 0.615 bits per heavy atom. The molecular formula is H10K3O9P. The summed E-state index contributed by atoms with van der Waals surface area (Å²) in [6.45, 7) is 0. The second kappa shape index (κ2) is 36.0.